The Morgan fingerprint density at radius 2 is 1.80 bits per heavy atom. The van der Waals surface area contributed by atoms with Gasteiger partial charge >= 0.3 is 0 Å². The van der Waals surface area contributed by atoms with E-state index >= 15 is 0 Å². The number of aliphatic hydroxyl groups excluding tert-OH is 1. The topological polar surface area (TPSA) is 49.2 Å². The SMILES string of the molecule is Cc1nc(N2[C@@H]3CC[C@H]2CC(O)C3)nc2ccccc12. The summed E-state index contributed by atoms with van der Waals surface area (Å²) < 4.78 is 0. The molecule has 0 radical (unpaired) electrons. The monoisotopic (exact) mass is 269 g/mol. The Hall–Kier alpha value is -1.68. The number of fused-ring (bicyclic) bond motifs is 3. The molecule has 4 heteroatoms. The molecule has 1 unspecified atom stereocenters. The number of aromatic nitrogens is 2. The van der Waals surface area contributed by atoms with Crippen molar-refractivity contribution < 1.29 is 5.11 Å². The molecule has 3 heterocycles. The van der Waals surface area contributed by atoms with Gasteiger partial charge in [0.05, 0.1) is 17.3 Å². The molecule has 4 rings (SSSR count). The number of rotatable bonds is 1. The van der Waals surface area contributed by atoms with Gasteiger partial charge < -0.3 is 10.0 Å². The highest BCUT2D eigenvalue weighted by molar-refractivity contribution is 5.81. The number of hydrogen-bond acceptors (Lipinski definition) is 4. The summed E-state index contributed by atoms with van der Waals surface area (Å²) in [6.07, 6.45) is 3.86. The first-order valence-electron chi connectivity index (χ1n) is 7.42. The molecule has 20 heavy (non-hydrogen) atoms. The van der Waals surface area contributed by atoms with Crippen LogP contribution < -0.4 is 4.90 Å². The zero-order valence-electron chi connectivity index (χ0n) is 11.7. The van der Waals surface area contributed by atoms with E-state index < -0.39 is 0 Å². The van der Waals surface area contributed by atoms with Crippen molar-refractivity contribution in [3.8, 4) is 0 Å². The van der Waals surface area contributed by atoms with Crippen LogP contribution in [0.25, 0.3) is 10.9 Å². The van der Waals surface area contributed by atoms with Crippen LogP contribution in [-0.2, 0) is 0 Å². The third-order valence-corrected chi connectivity index (χ3v) is 4.72. The first kappa shape index (κ1) is 12.1. The lowest BCUT2D eigenvalue weighted by Crippen LogP contribution is -2.45. The van der Waals surface area contributed by atoms with Crippen molar-refractivity contribution in [1.29, 1.82) is 0 Å². The maximum atomic E-state index is 9.91. The summed E-state index contributed by atoms with van der Waals surface area (Å²) in [6.45, 7) is 2.05. The summed E-state index contributed by atoms with van der Waals surface area (Å²) in [4.78, 5) is 11.8. The number of benzene rings is 1. The Labute approximate surface area is 118 Å². The van der Waals surface area contributed by atoms with E-state index in [0.717, 1.165) is 48.2 Å². The van der Waals surface area contributed by atoms with E-state index in [1.165, 1.54) is 0 Å². The number of hydrogen-bond donors (Lipinski definition) is 1. The van der Waals surface area contributed by atoms with E-state index in [-0.39, 0.29) is 6.10 Å². The Bertz CT molecular complexity index is 643. The number of anilines is 1. The van der Waals surface area contributed by atoms with Crippen LogP contribution >= 0.6 is 0 Å². The van der Waals surface area contributed by atoms with Gasteiger partial charge in [0.2, 0.25) is 5.95 Å². The molecule has 2 bridgehead atoms. The third kappa shape index (κ3) is 1.79. The van der Waals surface area contributed by atoms with E-state index in [2.05, 4.69) is 11.0 Å². The van der Waals surface area contributed by atoms with Crippen LogP contribution in [0.4, 0.5) is 5.95 Å². The van der Waals surface area contributed by atoms with Crippen molar-refractivity contribution in [3.05, 3.63) is 30.0 Å². The van der Waals surface area contributed by atoms with Gasteiger partial charge in [-0.1, -0.05) is 18.2 Å². The molecule has 104 valence electrons. The molecule has 4 nitrogen and oxygen atoms in total. The number of nitrogens with zero attached hydrogens (tertiary/aromatic N) is 3. The second kappa shape index (κ2) is 4.42. The molecule has 2 aromatic rings. The second-order valence-corrected chi connectivity index (χ2v) is 6.04. The van der Waals surface area contributed by atoms with E-state index in [0.29, 0.717) is 12.1 Å². The molecule has 1 aromatic heterocycles. The van der Waals surface area contributed by atoms with Gasteiger partial charge in [-0.2, -0.15) is 0 Å². The summed E-state index contributed by atoms with van der Waals surface area (Å²) in [5.74, 6) is 0.848. The maximum absolute atomic E-state index is 9.91. The van der Waals surface area contributed by atoms with Crippen LogP contribution in [-0.4, -0.2) is 33.3 Å². The number of aryl methyl sites for hydroxylation is 1. The Morgan fingerprint density at radius 3 is 2.55 bits per heavy atom. The zero-order valence-corrected chi connectivity index (χ0v) is 11.7. The van der Waals surface area contributed by atoms with E-state index in [9.17, 15) is 5.11 Å². The van der Waals surface area contributed by atoms with E-state index in [4.69, 9.17) is 9.97 Å². The highest BCUT2D eigenvalue weighted by Crippen LogP contribution is 2.38. The van der Waals surface area contributed by atoms with Crippen molar-refractivity contribution in [1.82, 2.24) is 9.97 Å². The van der Waals surface area contributed by atoms with Crippen LogP contribution in [0.2, 0.25) is 0 Å². The quantitative estimate of drug-likeness (QED) is 0.864. The maximum Gasteiger partial charge on any atom is 0.226 e. The predicted molar refractivity (Wildman–Crippen MR) is 78.8 cm³/mol. The lowest BCUT2D eigenvalue weighted by atomic mass is 10.0. The van der Waals surface area contributed by atoms with Crippen molar-refractivity contribution >= 4 is 16.9 Å². The number of piperidine rings is 1. The number of aliphatic hydroxyl groups is 1. The van der Waals surface area contributed by atoms with Gasteiger partial charge in [0.1, 0.15) is 0 Å². The van der Waals surface area contributed by atoms with Crippen LogP contribution in [0.1, 0.15) is 31.4 Å². The van der Waals surface area contributed by atoms with E-state index in [1.54, 1.807) is 0 Å². The van der Waals surface area contributed by atoms with E-state index in [1.807, 2.05) is 25.1 Å². The molecule has 2 saturated heterocycles. The van der Waals surface area contributed by atoms with Crippen molar-refractivity contribution in [2.24, 2.45) is 0 Å². The molecule has 0 saturated carbocycles. The fraction of sp³-hybridized carbons (Fsp3) is 0.500. The summed E-state index contributed by atoms with van der Waals surface area (Å²) in [5, 5.41) is 11.0. The third-order valence-electron chi connectivity index (χ3n) is 4.72. The van der Waals surface area contributed by atoms with Crippen LogP contribution in [0.5, 0.6) is 0 Å². The largest absolute Gasteiger partial charge is 0.393 e. The van der Waals surface area contributed by atoms with Crippen molar-refractivity contribution in [2.75, 3.05) is 4.90 Å². The molecule has 2 aliphatic heterocycles. The minimum Gasteiger partial charge on any atom is -0.393 e. The molecule has 2 fully saturated rings. The van der Waals surface area contributed by atoms with Crippen LogP contribution in [0, 0.1) is 6.92 Å². The predicted octanol–water partition coefficient (Wildman–Crippen LogP) is 2.43. The molecular weight excluding hydrogens is 250 g/mol. The molecule has 0 amide bonds. The minimum atomic E-state index is -0.148. The first-order chi connectivity index (χ1) is 9.72. The van der Waals surface area contributed by atoms with Crippen molar-refractivity contribution in [3.63, 3.8) is 0 Å². The van der Waals surface area contributed by atoms with Crippen LogP contribution in [0.3, 0.4) is 0 Å². The zero-order chi connectivity index (χ0) is 13.7. The average Bonchev–Trinajstić information content (AvgIpc) is 2.71. The minimum absolute atomic E-state index is 0.148. The molecule has 2 aliphatic rings. The standard InChI is InChI=1S/C16H19N3O/c1-10-14-4-2-3-5-15(14)18-16(17-10)19-11-6-7-12(19)9-13(20)8-11/h2-5,11-13,20H,6-9H2,1H3/t11-,12+,13?. The second-order valence-electron chi connectivity index (χ2n) is 6.04. The lowest BCUT2D eigenvalue weighted by molar-refractivity contribution is 0.125. The smallest absolute Gasteiger partial charge is 0.226 e. The van der Waals surface area contributed by atoms with Gasteiger partial charge in [0.15, 0.2) is 0 Å². The van der Waals surface area contributed by atoms with Gasteiger partial charge in [0.25, 0.3) is 0 Å². The highest BCUT2D eigenvalue weighted by atomic mass is 16.3. The highest BCUT2D eigenvalue weighted by Gasteiger charge is 2.41. The Kier molecular flexibility index (Phi) is 2.67. The summed E-state index contributed by atoms with van der Waals surface area (Å²) >= 11 is 0. The molecule has 0 spiro atoms. The fourth-order valence-corrected chi connectivity index (χ4v) is 3.81. The van der Waals surface area contributed by atoms with Gasteiger partial charge in [-0.3, -0.25) is 0 Å². The van der Waals surface area contributed by atoms with Crippen molar-refractivity contribution in [2.45, 2.75) is 50.8 Å². The van der Waals surface area contributed by atoms with Gasteiger partial charge in [-0.05, 0) is 38.7 Å². The Balaban J connectivity index is 1.79. The molecule has 1 N–H and O–H groups in total. The summed E-state index contributed by atoms with van der Waals surface area (Å²) in [5.41, 5.74) is 2.05. The molecular formula is C16H19N3O. The lowest BCUT2D eigenvalue weighted by Gasteiger charge is -2.37. The molecule has 3 atom stereocenters. The fourth-order valence-electron chi connectivity index (χ4n) is 3.81. The first-order valence-corrected chi connectivity index (χ1v) is 7.42. The normalized spacial score (nSPS) is 29.1. The van der Waals surface area contributed by atoms with Crippen LogP contribution in [0.15, 0.2) is 24.3 Å². The van der Waals surface area contributed by atoms with Gasteiger partial charge in [-0.15, -0.1) is 0 Å². The molecule has 0 aliphatic carbocycles. The summed E-state index contributed by atoms with van der Waals surface area (Å²) in [6, 6.07) is 8.98. The summed E-state index contributed by atoms with van der Waals surface area (Å²) in [7, 11) is 0. The van der Waals surface area contributed by atoms with Gasteiger partial charge in [-0.25, -0.2) is 9.97 Å². The number of para-hydroxylation sites is 1. The Morgan fingerprint density at radius 1 is 1.10 bits per heavy atom. The molecule has 1 aromatic carbocycles. The van der Waals surface area contributed by atoms with Gasteiger partial charge in [0, 0.05) is 17.5 Å². The average molecular weight is 269 g/mol.